The van der Waals surface area contributed by atoms with Crippen LogP contribution in [0.5, 0.6) is 0 Å². The predicted octanol–water partition coefficient (Wildman–Crippen LogP) is 3.22. The van der Waals surface area contributed by atoms with Crippen LogP contribution in [0.3, 0.4) is 0 Å². The molecule has 0 aromatic heterocycles. The molecule has 0 bridgehead atoms. The fourth-order valence-corrected chi connectivity index (χ4v) is 5.77. The average Bonchev–Trinajstić information content (AvgIpc) is 2.55. The molecule has 0 heterocycles. The van der Waals surface area contributed by atoms with Gasteiger partial charge in [0.15, 0.2) is 7.17 Å². The molecule has 0 aliphatic heterocycles. The average molecular weight is 419 g/mol. The molecule has 0 atom stereocenters. The van der Waals surface area contributed by atoms with Crippen LogP contribution in [0.1, 0.15) is 0 Å². The van der Waals surface area contributed by atoms with Crippen LogP contribution in [0, 0.1) is 0 Å². The van der Waals surface area contributed by atoms with Gasteiger partial charge < -0.3 is 4.79 Å². The Labute approximate surface area is 147 Å². The summed E-state index contributed by atoms with van der Waals surface area (Å²) in [5.41, 5.74) is 0.813. The fraction of sp³-hybridized carbons (Fsp3) is 0.0714. The van der Waals surface area contributed by atoms with Gasteiger partial charge in [-0.05, 0) is 18.5 Å². The lowest BCUT2D eigenvalue weighted by molar-refractivity contribution is 0.275. The first-order valence-electron chi connectivity index (χ1n) is 6.46. The van der Waals surface area contributed by atoms with Crippen LogP contribution < -0.4 is 10.6 Å². The van der Waals surface area contributed by atoms with Gasteiger partial charge in [0.25, 0.3) is 0 Å². The first kappa shape index (κ1) is 17.2. The maximum Gasteiger partial charge on any atom is 0.163 e. The minimum absolute atomic E-state index is 0.113. The van der Waals surface area contributed by atoms with E-state index in [9.17, 15) is 4.79 Å². The van der Waals surface area contributed by atoms with Crippen molar-refractivity contribution in [2.45, 2.75) is 0 Å². The summed E-state index contributed by atoms with van der Waals surface area (Å²) in [6.07, 6.45) is 0. The highest BCUT2D eigenvalue weighted by Crippen LogP contribution is 2.37. The van der Waals surface area contributed by atoms with Gasteiger partial charge in [0.2, 0.25) is 0 Å². The van der Waals surface area contributed by atoms with Gasteiger partial charge in [0.05, 0.1) is 0 Å². The molecule has 7 heteroatoms. The summed E-state index contributed by atoms with van der Waals surface area (Å²) >= 11 is 3.51. The molecule has 0 spiro atoms. The molecule has 2 rings (SSSR count). The van der Waals surface area contributed by atoms with Crippen molar-refractivity contribution in [2.75, 3.05) is 5.49 Å². The topological polar surface area (TPSA) is 17.1 Å². The smallest absolute Gasteiger partial charge is 0.163 e. The Morgan fingerprint density at radius 2 is 1.52 bits per heavy atom. The Morgan fingerprint density at radius 3 is 2.00 bits per heavy atom. The summed E-state index contributed by atoms with van der Waals surface area (Å²) < 4.78 is 0. The van der Waals surface area contributed by atoms with E-state index in [4.69, 9.17) is 0 Å². The van der Waals surface area contributed by atoms with Gasteiger partial charge in [0.1, 0.15) is 10.0 Å². The summed E-state index contributed by atoms with van der Waals surface area (Å²) in [4.78, 5) is 11.8. The molecule has 0 amide bonds. The number of hydrogen-bond acceptors (Lipinski definition) is 2. The molecule has 0 saturated heterocycles. The molecular formula is C14H12B3IOPS. The summed E-state index contributed by atoms with van der Waals surface area (Å²) in [7, 11) is 2.90. The van der Waals surface area contributed by atoms with Crippen molar-refractivity contribution >= 4 is 76.9 Å². The van der Waals surface area contributed by atoms with Gasteiger partial charge in [0, 0.05) is 12.6 Å². The molecule has 2 aromatic rings. The number of carbonyl (C=O) groups is 1. The van der Waals surface area contributed by atoms with Crippen molar-refractivity contribution in [3.8, 4) is 0 Å². The van der Waals surface area contributed by atoms with E-state index in [0.717, 1.165) is 5.49 Å². The number of thioether (sulfide) groups is 1. The van der Waals surface area contributed by atoms with Crippen molar-refractivity contribution < 1.29 is 4.79 Å². The van der Waals surface area contributed by atoms with Gasteiger partial charge in [-0.15, -0.1) is 0 Å². The van der Waals surface area contributed by atoms with Gasteiger partial charge in [-0.2, -0.15) is 22.4 Å². The van der Waals surface area contributed by atoms with Crippen molar-refractivity contribution in [3.05, 3.63) is 60.7 Å². The van der Waals surface area contributed by atoms with E-state index in [1.807, 2.05) is 17.2 Å². The Bertz CT molecular complexity index is 519. The minimum atomic E-state index is -0.502. The summed E-state index contributed by atoms with van der Waals surface area (Å²) in [6, 6.07) is 20.9. The van der Waals surface area contributed by atoms with Crippen LogP contribution in [-0.2, 0) is 0 Å². The highest BCUT2D eigenvalue weighted by Gasteiger charge is 2.15. The largest absolute Gasteiger partial charge is 0.301 e. The highest BCUT2D eigenvalue weighted by molar-refractivity contribution is 14.1. The zero-order valence-corrected chi connectivity index (χ0v) is 15.2. The van der Waals surface area contributed by atoms with E-state index >= 15 is 0 Å². The molecule has 1 nitrogen and oxygen atoms in total. The van der Waals surface area contributed by atoms with Crippen LogP contribution >= 0.6 is 42.1 Å². The molecule has 101 valence electrons. The Kier molecular flexibility index (Phi) is 7.98. The van der Waals surface area contributed by atoms with E-state index in [1.165, 1.54) is 22.4 Å². The van der Waals surface area contributed by atoms with Crippen LogP contribution in [-0.4, -0.2) is 29.8 Å². The van der Waals surface area contributed by atoms with E-state index in [1.54, 1.807) is 14.2 Å². The Hall–Kier alpha value is -0.185. The second-order valence-electron chi connectivity index (χ2n) is 4.18. The molecular weight excluding hydrogens is 407 g/mol. The van der Waals surface area contributed by atoms with Crippen molar-refractivity contribution in [2.24, 2.45) is 0 Å². The normalized spacial score (nSPS) is 10.2. The molecule has 0 aliphatic carbocycles. The maximum atomic E-state index is 11.8. The predicted molar refractivity (Wildman–Crippen MR) is 108 cm³/mol. The van der Waals surface area contributed by atoms with Crippen LogP contribution in [0.2, 0.25) is 0 Å². The zero-order chi connectivity index (χ0) is 14.9. The molecule has 0 unspecified atom stereocenters. The number of benzene rings is 2. The number of carbonyl (C=O) groups excluding carboxylic acids is 1. The van der Waals surface area contributed by atoms with Crippen molar-refractivity contribution in [1.82, 2.24) is 0 Å². The van der Waals surface area contributed by atoms with E-state index in [2.05, 4.69) is 70.9 Å². The summed E-state index contributed by atoms with van der Waals surface area (Å²) in [6.45, 7) is 0. The van der Waals surface area contributed by atoms with Crippen molar-refractivity contribution in [1.29, 1.82) is 0 Å². The standard InChI is InChI=1S/C14H12B3IOPS/c18-17-16-15-14(19)21-11-20(12-7-3-1-4-8-12)13-9-5-2-6-10-13/h1-10H,11H2. The molecule has 2 aromatic carbocycles. The molecule has 0 N–H and O–H groups in total. The molecule has 0 fully saturated rings. The molecule has 3 radical (unpaired) electrons. The Morgan fingerprint density at radius 1 is 1.00 bits per heavy atom. The van der Waals surface area contributed by atoms with Gasteiger partial charge in [-0.1, -0.05) is 72.4 Å². The lowest BCUT2D eigenvalue weighted by atomic mass is 9.28. The summed E-state index contributed by atoms with van der Waals surface area (Å²) in [5, 5.41) is 4.57. The second-order valence-corrected chi connectivity index (χ2v) is 8.51. The first-order chi connectivity index (χ1) is 10.3. The summed E-state index contributed by atoms with van der Waals surface area (Å²) in [5.74, 6) is 0. The molecule has 0 saturated carbocycles. The van der Waals surface area contributed by atoms with Gasteiger partial charge in [-0.3, -0.25) is 0 Å². The molecule has 21 heavy (non-hydrogen) atoms. The Balaban J connectivity index is 2.09. The zero-order valence-electron chi connectivity index (χ0n) is 11.4. The van der Waals surface area contributed by atoms with Crippen LogP contribution in [0.4, 0.5) is 4.79 Å². The third-order valence-electron chi connectivity index (χ3n) is 2.78. The van der Waals surface area contributed by atoms with Crippen LogP contribution in [0.15, 0.2) is 60.7 Å². The lowest BCUT2D eigenvalue weighted by Crippen LogP contribution is -2.17. The van der Waals surface area contributed by atoms with E-state index in [0.29, 0.717) is 0 Å². The van der Waals surface area contributed by atoms with Gasteiger partial charge >= 0.3 is 0 Å². The SMILES string of the molecule is O=C([B][B][B]I)SCP(c1ccccc1)c1ccccc1. The monoisotopic (exact) mass is 419 g/mol. The highest BCUT2D eigenvalue weighted by atomic mass is 127. The maximum absolute atomic E-state index is 11.8. The minimum Gasteiger partial charge on any atom is -0.301 e. The quantitative estimate of drug-likeness (QED) is 0.390. The first-order valence-corrected chi connectivity index (χ1v) is 10.2. The lowest BCUT2D eigenvalue weighted by Gasteiger charge is -2.17. The molecule has 0 aliphatic rings. The second kappa shape index (κ2) is 9.76. The number of halogens is 1. The fourth-order valence-electron chi connectivity index (χ4n) is 1.81. The van der Waals surface area contributed by atoms with Crippen LogP contribution in [0.25, 0.3) is 0 Å². The van der Waals surface area contributed by atoms with Crippen molar-refractivity contribution in [3.63, 3.8) is 0 Å². The number of rotatable bonds is 7. The third-order valence-corrected chi connectivity index (χ3v) is 7.00. The van der Waals surface area contributed by atoms with E-state index < -0.39 is 7.92 Å². The van der Waals surface area contributed by atoms with E-state index in [-0.39, 0.29) is 5.01 Å². The van der Waals surface area contributed by atoms with Gasteiger partial charge in [-0.25, -0.2) is 0 Å². The third kappa shape index (κ3) is 5.84. The number of hydrogen-bond donors (Lipinski definition) is 0.